The summed E-state index contributed by atoms with van der Waals surface area (Å²) < 4.78 is 13.7. The number of fused-ring (bicyclic) bond motifs is 1. The molecule has 1 aliphatic rings. The normalized spacial score (nSPS) is 20.1. The number of hydrogen-bond donors (Lipinski definition) is 1. The van der Waals surface area contributed by atoms with E-state index in [-0.39, 0.29) is 5.82 Å². The van der Waals surface area contributed by atoms with Gasteiger partial charge in [-0.15, -0.1) is 0 Å². The lowest BCUT2D eigenvalue weighted by Gasteiger charge is -2.38. The molecule has 0 saturated heterocycles. The summed E-state index contributed by atoms with van der Waals surface area (Å²) in [4.78, 5) is 2.12. The van der Waals surface area contributed by atoms with Crippen LogP contribution < -0.4 is 10.2 Å². The van der Waals surface area contributed by atoms with Crippen molar-refractivity contribution in [3.05, 3.63) is 24.0 Å². The Morgan fingerprint density at radius 2 is 2.20 bits per heavy atom. The molecule has 0 aliphatic carbocycles. The quantitative estimate of drug-likeness (QED) is 0.763. The predicted octanol–water partition coefficient (Wildman–Crippen LogP) is 2.85. The minimum absolute atomic E-state index is 0.138. The molecule has 0 amide bonds. The van der Waals surface area contributed by atoms with Gasteiger partial charge in [-0.25, -0.2) is 4.39 Å². The van der Waals surface area contributed by atoms with E-state index in [9.17, 15) is 4.39 Å². The smallest absolute Gasteiger partial charge is 0.148 e. The number of rotatable bonds is 1. The van der Waals surface area contributed by atoms with Crippen molar-refractivity contribution in [2.45, 2.75) is 32.9 Å². The minimum Gasteiger partial charge on any atom is -0.379 e. The summed E-state index contributed by atoms with van der Waals surface area (Å²) >= 11 is 0. The van der Waals surface area contributed by atoms with Crippen molar-refractivity contribution in [3.63, 3.8) is 0 Å². The van der Waals surface area contributed by atoms with Gasteiger partial charge in [-0.1, -0.05) is 6.07 Å². The van der Waals surface area contributed by atoms with E-state index in [4.69, 9.17) is 0 Å². The fraction of sp³-hybridized carbons (Fsp3) is 0.500. The Morgan fingerprint density at radius 3 is 2.87 bits per heavy atom. The van der Waals surface area contributed by atoms with Gasteiger partial charge in [-0.2, -0.15) is 0 Å². The van der Waals surface area contributed by atoms with Crippen LogP contribution in [-0.4, -0.2) is 18.6 Å². The largest absolute Gasteiger partial charge is 0.379 e. The molecule has 1 heterocycles. The van der Waals surface area contributed by atoms with Gasteiger partial charge >= 0.3 is 0 Å². The molecular formula is C12H17FN2. The van der Waals surface area contributed by atoms with Crippen molar-refractivity contribution >= 4 is 11.4 Å². The molecule has 0 bridgehead atoms. The highest BCUT2D eigenvalue weighted by Crippen LogP contribution is 2.34. The van der Waals surface area contributed by atoms with E-state index in [2.05, 4.69) is 31.0 Å². The molecule has 1 aromatic rings. The fourth-order valence-electron chi connectivity index (χ4n) is 2.09. The van der Waals surface area contributed by atoms with Gasteiger partial charge in [0.05, 0.1) is 11.4 Å². The second-order valence-electron chi connectivity index (χ2n) is 4.43. The maximum Gasteiger partial charge on any atom is 0.148 e. The average Bonchev–Trinajstić information content (AvgIpc) is 2.16. The molecule has 0 saturated carbocycles. The Bertz CT molecular complexity index is 363. The summed E-state index contributed by atoms with van der Waals surface area (Å²) in [6.45, 7) is 7.15. The Kier molecular flexibility index (Phi) is 2.55. The molecule has 1 aromatic carbocycles. The van der Waals surface area contributed by atoms with Crippen LogP contribution in [0, 0.1) is 5.82 Å². The van der Waals surface area contributed by atoms with Gasteiger partial charge in [-0.05, 0) is 32.9 Å². The van der Waals surface area contributed by atoms with Gasteiger partial charge in [-0.3, -0.25) is 0 Å². The highest BCUT2D eigenvalue weighted by atomic mass is 19.1. The van der Waals surface area contributed by atoms with E-state index in [0.29, 0.717) is 17.8 Å². The predicted molar refractivity (Wildman–Crippen MR) is 62.0 cm³/mol. The highest BCUT2D eigenvalue weighted by Gasteiger charge is 2.25. The Balaban J connectivity index is 2.48. The zero-order valence-corrected chi connectivity index (χ0v) is 9.42. The monoisotopic (exact) mass is 208 g/mol. The number of hydrogen-bond acceptors (Lipinski definition) is 2. The fourth-order valence-corrected chi connectivity index (χ4v) is 2.09. The van der Waals surface area contributed by atoms with E-state index in [0.717, 1.165) is 12.2 Å². The van der Waals surface area contributed by atoms with E-state index in [1.807, 2.05) is 6.07 Å². The highest BCUT2D eigenvalue weighted by molar-refractivity contribution is 5.73. The zero-order valence-electron chi connectivity index (χ0n) is 9.42. The van der Waals surface area contributed by atoms with Crippen LogP contribution in [-0.2, 0) is 0 Å². The third-order valence-corrected chi connectivity index (χ3v) is 2.77. The van der Waals surface area contributed by atoms with Crippen LogP contribution in [0.1, 0.15) is 20.8 Å². The second-order valence-corrected chi connectivity index (χ2v) is 4.43. The van der Waals surface area contributed by atoms with Crippen molar-refractivity contribution in [1.29, 1.82) is 0 Å². The Morgan fingerprint density at radius 1 is 1.47 bits per heavy atom. The molecule has 1 unspecified atom stereocenters. The molecule has 0 aromatic heterocycles. The molecule has 0 fully saturated rings. The molecular weight excluding hydrogens is 191 g/mol. The lowest BCUT2D eigenvalue weighted by Crippen LogP contribution is -2.44. The van der Waals surface area contributed by atoms with Gasteiger partial charge < -0.3 is 10.2 Å². The van der Waals surface area contributed by atoms with Gasteiger partial charge in [0.25, 0.3) is 0 Å². The van der Waals surface area contributed by atoms with Crippen molar-refractivity contribution in [3.8, 4) is 0 Å². The number of nitrogens with zero attached hydrogens (tertiary/aromatic N) is 1. The molecule has 1 aliphatic heterocycles. The van der Waals surface area contributed by atoms with Crippen LogP contribution in [0.25, 0.3) is 0 Å². The van der Waals surface area contributed by atoms with Crippen molar-refractivity contribution < 1.29 is 4.39 Å². The minimum atomic E-state index is -0.138. The number of nitrogens with one attached hydrogen (secondary N) is 1. The molecule has 3 heteroatoms. The van der Waals surface area contributed by atoms with Gasteiger partial charge in [0.1, 0.15) is 5.82 Å². The van der Waals surface area contributed by atoms with Crippen LogP contribution in [0.4, 0.5) is 15.8 Å². The van der Waals surface area contributed by atoms with Crippen LogP contribution in [0.5, 0.6) is 0 Å². The number of halogens is 1. The van der Waals surface area contributed by atoms with E-state index in [1.54, 1.807) is 6.07 Å². The van der Waals surface area contributed by atoms with Crippen molar-refractivity contribution in [2.75, 3.05) is 16.8 Å². The van der Waals surface area contributed by atoms with E-state index in [1.165, 1.54) is 6.07 Å². The summed E-state index contributed by atoms with van der Waals surface area (Å²) in [5, 5.41) is 3.30. The second kappa shape index (κ2) is 3.72. The third-order valence-electron chi connectivity index (χ3n) is 2.77. The van der Waals surface area contributed by atoms with Gasteiger partial charge in [0.15, 0.2) is 0 Å². The first-order valence-electron chi connectivity index (χ1n) is 5.41. The SMILES string of the molecule is CC1CN(C(C)C)c2c(F)cccc2N1. The molecule has 15 heavy (non-hydrogen) atoms. The first-order chi connectivity index (χ1) is 7.09. The van der Waals surface area contributed by atoms with Crippen molar-refractivity contribution in [2.24, 2.45) is 0 Å². The van der Waals surface area contributed by atoms with Crippen LogP contribution in [0.15, 0.2) is 18.2 Å². The Labute approximate surface area is 90.1 Å². The summed E-state index contributed by atoms with van der Waals surface area (Å²) in [5.74, 6) is -0.138. The van der Waals surface area contributed by atoms with Gasteiger partial charge in [0.2, 0.25) is 0 Å². The van der Waals surface area contributed by atoms with E-state index >= 15 is 0 Å². The molecule has 82 valence electrons. The van der Waals surface area contributed by atoms with E-state index < -0.39 is 0 Å². The zero-order chi connectivity index (χ0) is 11.0. The number of para-hydroxylation sites is 1. The number of benzene rings is 1. The van der Waals surface area contributed by atoms with Gasteiger partial charge in [0, 0.05) is 18.6 Å². The maximum absolute atomic E-state index is 13.7. The molecule has 2 nitrogen and oxygen atoms in total. The third kappa shape index (κ3) is 1.78. The van der Waals surface area contributed by atoms with Crippen LogP contribution >= 0.6 is 0 Å². The summed E-state index contributed by atoms with van der Waals surface area (Å²) in [6.07, 6.45) is 0. The lowest BCUT2D eigenvalue weighted by atomic mass is 10.1. The molecule has 1 N–H and O–H groups in total. The molecule has 2 rings (SSSR count). The summed E-state index contributed by atoms with van der Waals surface area (Å²) in [7, 11) is 0. The van der Waals surface area contributed by atoms with Crippen LogP contribution in [0.3, 0.4) is 0 Å². The summed E-state index contributed by atoms with van der Waals surface area (Å²) in [5.41, 5.74) is 1.62. The Hall–Kier alpha value is -1.25. The molecule has 1 atom stereocenters. The molecule has 0 spiro atoms. The summed E-state index contributed by atoms with van der Waals surface area (Å²) in [6, 6.07) is 5.89. The maximum atomic E-state index is 13.7. The average molecular weight is 208 g/mol. The lowest BCUT2D eigenvalue weighted by molar-refractivity contribution is 0.576. The van der Waals surface area contributed by atoms with Crippen LogP contribution in [0.2, 0.25) is 0 Å². The number of anilines is 2. The standard InChI is InChI=1S/C12H17FN2/c1-8(2)15-7-9(3)14-11-6-4-5-10(13)12(11)15/h4-6,8-9,14H,7H2,1-3H3. The molecule has 0 radical (unpaired) electrons. The topological polar surface area (TPSA) is 15.3 Å². The first kappa shape index (κ1) is 10.3. The van der Waals surface area contributed by atoms with Crippen molar-refractivity contribution in [1.82, 2.24) is 0 Å². The first-order valence-corrected chi connectivity index (χ1v) is 5.41.